The van der Waals surface area contributed by atoms with E-state index in [4.69, 9.17) is 4.84 Å². The maximum atomic E-state index is 11.7. The van der Waals surface area contributed by atoms with Gasteiger partial charge in [0.2, 0.25) is 5.91 Å². The van der Waals surface area contributed by atoms with E-state index in [1.165, 1.54) is 51.4 Å². The predicted octanol–water partition coefficient (Wildman–Crippen LogP) is 4.73. The summed E-state index contributed by atoms with van der Waals surface area (Å²) >= 11 is 0. The normalized spacial score (nSPS) is 10.9. The molecule has 0 radical (unpaired) electrons. The summed E-state index contributed by atoms with van der Waals surface area (Å²) in [5, 5.41) is 3.03. The number of nitrogens with one attached hydrogen (secondary N) is 2. The predicted molar refractivity (Wildman–Crippen MR) is 98.3 cm³/mol. The molecule has 138 valence electrons. The molecular weight excluding hydrogens is 288 g/mol. The molecule has 0 aliphatic carbocycles. The second-order valence-electron chi connectivity index (χ2n) is 6.40. The first kappa shape index (κ1) is 22.4. The van der Waals surface area contributed by atoms with Crippen LogP contribution in [0.3, 0.4) is 0 Å². The molecule has 0 fully saturated rings. The molecule has 0 aliphatic rings. The zero-order chi connectivity index (χ0) is 17.0. The molecular formula is C19H40N2O2. The summed E-state index contributed by atoms with van der Waals surface area (Å²) < 4.78 is 0. The molecule has 23 heavy (non-hydrogen) atoms. The molecule has 0 rings (SSSR count). The van der Waals surface area contributed by atoms with Crippen molar-refractivity contribution in [3.05, 3.63) is 0 Å². The first-order chi connectivity index (χ1) is 11.3. The van der Waals surface area contributed by atoms with Crippen LogP contribution in [-0.2, 0) is 9.63 Å². The summed E-state index contributed by atoms with van der Waals surface area (Å²) in [7, 11) is 1.78. The van der Waals surface area contributed by atoms with Gasteiger partial charge < -0.3 is 10.2 Å². The lowest BCUT2D eigenvalue weighted by molar-refractivity contribution is -0.121. The molecule has 0 saturated heterocycles. The second-order valence-corrected chi connectivity index (χ2v) is 6.40. The van der Waals surface area contributed by atoms with E-state index in [2.05, 4.69) is 17.7 Å². The smallest absolute Gasteiger partial charge is 0.219 e. The Morgan fingerprint density at radius 2 is 1.35 bits per heavy atom. The number of hydroxylamine groups is 1. The Balaban J connectivity index is 3.13. The van der Waals surface area contributed by atoms with Gasteiger partial charge in [0.25, 0.3) is 0 Å². The van der Waals surface area contributed by atoms with Gasteiger partial charge in [0, 0.05) is 20.0 Å². The summed E-state index contributed by atoms with van der Waals surface area (Å²) in [5.41, 5.74) is 2.67. The fourth-order valence-electron chi connectivity index (χ4n) is 2.67. The van der Waals surface area contributed by atoms with Gasteiger partial charge in [0.05, 0.1) is 6.61 Å². The minimum Gasteiger partial charge on any atom is -0.356 e. The highest BCUT2D eigenvalue weighted by atomic mass is 16.6. The van der Waals surface area contributed by atoms with Gasteiger partial charge in [-0.05, 0) is 19.3 Å². The quantitative estimate of drug-likeness (QED) is 0.282. The molecule has 0 unspecified atom stereocenters. The summed E-state index contributed by atoms with van der Waals surface area (Å²) in [5.74, 6) is 0.228. The van der Waals surface area contributed by atoms with Gasteiger partial charge in [-0.3, -0.25) is 4.79 Å². The van der Waals surface area contributed by atoms with Crippen LogP contribution in [-0.4, -0.2) is 26.1 Å². The lowest BCUT2D eigenvalue weighted by Gasteiger charge is -2.06. The Morgan fingerprint density at radius 3 is 2.00 bits per heavy atom. The Labute approximate surface area is 144 Å². The summed E-state index contributed by atoms with van der Waals surface area (Å²) in [4.78, 5) is 16.7. The summed E-state index contributed by atoms with van der Waals surface area (Å²) in [6.07, 6.45) is 16.9. The Morgan fingerprint density at radius 1 is 0.783 bits per heavy atom. The van der Waals surface area contributed by atoms with Crippen LogP contribution in [0.25, 0.3) is 0 Å². The standard InChI is InChI=1S/C19H40N2O2/c1-3-4-5-6-7-8-9-10-13-16-19(22)21-17-14-11-12-15-18-23-20-2/h20H,3-18H2,1-2H3,(H,21,22). The van der Waals surface area contributed by atoms with Crippen molar-refractivity contribution in [1.82, 2.24) is 10.8 Å². The van der Waals surface area contributed by atoms with Crippen molar-refractivity contribution in [1.29, 1.82) is 0 Å². The van der Waals surface area contributed by atoms with E-state index in [1.54, 1.807) is 7.05 Å². The number of carbonyl (C=O) groups is 1. The third kappa shape index (κ3) is 19.3. The van der Waals surface area contributed by atoms with Crippen molar-refractivity contribution in [2.45, 2.75) is 96.8 Å². The first-order valence-corrected chi connectivity index (χ1v) is 9.86. The van der Waals surface area contributed by atoms with E-state index in [1.807, 2.05) is 0 Å². The van der Waals surface area contributed by atoms with E-state index in [9.17, 15) is 4.79 Å². The van der Waals surface area contributed by atoms with E-state index in [-0.39, 0.29) is 5.91 Å². The minimum atomic E-state index is 0.228. The average Bonchev–Trinajstić information content (AvgIpc) is 2.56. The Kier molecular flexibility index (Phi) is 18.9. The highest BCUT2D eigenvalue weighted by Crippen LogP contribution is 2.10. The number of hydrogen-bond acceptors (Lipinski definition) is 3. The molecule has 2 N–H and O–H groups in total. The van der Waals surface area contributed by atoms with Crippen LogP contribution in [0.2, 0.25) is 0 Å². The summed E-state index contributed by atoms with van der Waals surface area (Å²) in [6, 6.07) is 0. The highest BCUT2D eigenvalue weighted by molar-refractivity contribution is 5.75. The molecule has 0 saturated carbocycles. The van der Waals surface area contributed by atoms with Crippen LogP contribution in [0.5, 0.6) is 0 Å². The van der Waals surface area contributed by atoms with Crippen LogP contribution in [0.4, 0.5) is 0 Å². The molecule has 0 atom stereocenters. The highest BCUT2D eigenvalue weighted by Gasteiger charge is 2.00. The van der Waals surface area contributed by atoms with Crippen LogP contribution in [0, 0.1) is 0 Å². The number of rotatable bonds is 18. The van der Waals surface area contributed by atoms with Crippen molar-refractivity contribution < 1.29 is 9.63 Å². The molecule has 0 heterocycles. The van der Waals surface area contributed by atoms with Crippen molar-refractivity contribution in [2.24, 2.45) is 0 Å². The van der Waals surface area contributed by atoms with Gasteiger partial charge in [-0.1, -0.05) is 71.1 Å². The molecule has 4 heteroatoms. The molecule has 1 amide bonds. The molecule has 0 aromatic rings. The maximum absolute atomic E-state index is 11.7. The van der Waals surface area contributed by atoms with Crippen molar-refractivity contribution in [3.63, 3.8) is 0 Å². The number of hydrogen-bond donors (Lipinski definition) is 2. The molecule has 0 aliphatic heterocycles. The van der Waals surface area contributed by atoms with E-state index >= 15 is 0 Å². The zero-order valence-electron chi connectivity index (χ0n) is 15.6. The molecule has 0 aromatic heterocycles. The van der Waals surface area contributed by atoms with Crippen LogP contribution >= 0.6 is 0 Å². The largest absolute Gasteiger partial charge is 0.356 e. The molecule has 0 spiro atoms. The first-order valence-electron chi connectivity index (χ1n) is 9.86. The number of amides is 1. The second kappa shape index (κ2) is 19.4. The lowest BCUT2D eigenvalue weighted by Crippen LogP contribution is -2.23. The van der Waals surface area contributed by atoms with Gasteiger partial charge in [0.15, 0.2) is 0 Å². The number of unbranched alkanes of at least 4 members (excludes halogenated alkanes) is 11. The molecule has 4 nitrogen and oxygen atoms in total. The third-order valence-electron chi connectivity index (χ3n) is 4.15. The van der Waals surface area contributed by atoms with Gasteiger partial charge in [-0.25, -0.2) is 5.48 Å². The zero-order valence-corrected chi connectivity index (χ0v) is 15.6. The van der Waals surface area contributed by atoms with Crippen LogP contribution in [0.15, 0.2) is 0 Å². The Bertz CT molecular complexity index is 248. The third-order valence-corrected chi connectivity index (χ3v) is 4.15. The van der Waals surface area contributed by atoms with Crippen molar-refractivity contribution in [3.8, 4) is 0 Å². The average molecular weight is 329 g/mol. The molecule has 0 bridgehead atoms. The Hall–Kier alpha value is -0.610. The van der Waals surface area contributed by atoms with Gasteiger partial charge in [-0.2, -0.15) is 0 Å². The van der Waals surface area contributed by atoms with E-state index in [0.29, 0.717) is 6.42 Å². The van der Waals surface area contributed by atoms with E-state index in [0.717, 1.165) is 45.3 Å². The van der Waals surface area contributed by atoms with Crippen molar-refractivity contribution >= 4 is 5.91 Å². The van der Waals surface area contributed by atoms with Gasteiger partial charge in [0.1, 0.15) is 0 Å². The topological polar surface area (TPSA) is 50.4 Å². The van der Waals surface area contributed by atoms with Gasteiger partial charge >= 0.3 is 0 Å². The fraction of sp³-hybridized carbons (Fsp3) is 0.947. The van der Waals surface area contributed by atoms with Crippen LogP contribution < -0.4 is 10.8 Å². The SMILES string of the molecule is CCCCCCCCCCCC(=O)NCCCCCCONC. The van der Waals surface area contributed by atoms with Crippen LogP contribution in [0.1, 0.15) is 96.8 Å². The number of carbonyl (C=O) groups excluding carboxylic acids is 1. The minimum absolute atomic E-state index is 0.228. The maximum Gasteiger partial charge on any atom is 0.219 e. The monoisotopic (exact) mass is 328 g/mol. The summed E-state index contributed by atoms with van der Waals surface area (Å²) in [6.45, 7) is 3.84. The van der Waals surface area contributed by atoms with Crippen molar-refractivity contribution in [2.75, 3.05) is 20.2 Å². The fourth-order valence-corrected chi connectivity index (χ4v) is 2.67. The van der Waals surface area contributed by atoms with E-state index < -0.39 is 0 Å². The lowest BCUT2D eigenvalue weighted by atomic mass is 10.1. The molecule has 0 aromatic carbocycles. The van der Waals surface area contributed by atoms with Gasteiger partial charge in [-0.15, -0.1) is 0 Å².